The SMILES string of the molecule is O=C(NCc1ccc(Cl)cc1)/C(=C/c1ccc2c(c1)OCCO2)c1nc2ccccc2[nH]1. The van der Waals surface area contributed by atoms with E-state index in [0.29, 0.717) is 47.7 Å². The van der Waals surface area contributed by atoms with Gasteiger partial charge in [0.2, 0.25) is 0 Å². The molecule has 160 valence electrons. The van der Waals surface area contributed by atoms with Crippen molar-refractivity contribution in [2.75, 3.05) is 13.2 Å². The average Bonchev–Trinajstić information content (AvgIpc) is 3.26. The van der Waals surface area contributed by atoms with E-state index in [0.717, 1.165) is 22.2 Å². The predicted molar refractivity (Wildman–Crippen MR) is 125 cm³/mol. The van der Waals surface area contributed by atoms with Crippen LogP contribution in [0.25, 0.3) is 22.7 Å². The van der Waals surface area contributed by atoms with Crippen LogP contribution in [0.5, 0.6) is 11.5 Å². The van der Waals surface area contributed by atoms with Crippen molar-refractivity contribution in [3.05, 3.63) is 88.7 Å². The first-order valence-electron chi connectivity index (χ1n) is 10.2. The zero-order valence-electron chi connectivity index (χ0n) is 17.1. The van der Waals surface area contributed by atoms with Crippen molar-refractivity contribution in [1.29, 1.82) is 0 Å². The Bertz CT molecular complexity index is 1280. The normalized spacial score (nSPS) is 13.2. The number of fused-ring (bicyclic) bond motifs is 2. The van der Waals surface area contributed by atoms with Gasteiger partial charge < -0.3 is 19.8 Å². The summed E-state index contributed by atoms with van der Waals surface area (Å²) < 4.78 is 11.3. The molecule has 4 aromatic rings. The molecule has 2 heterocycles. The minimum Gasteiger partial charge on any atom is -0.486 e. The van der Waals surface area contributed by atoms with Gasteiger partial charge in [-0.15, -0.1) is 0 Å². The fourth-order valence-corrected chi connectivity index (χ4v) is 3.64. The molecule has 0 aliphatic carbocycles. The lowest BCUT2D eigenvalue weighted by Gasteiger charge is -2.18. The molecule has 0 atom stereocenters. The molecule has 6 nitrogen and oxygen atoms in total. The van der Waals surface area contributed by atoms with Crippen LogP contribution < -0.4 is 14.8 Å². The lowest BCUT2D eigenvalue weighted by Crippen LogP contribution is -2.24. The second kappa shape index (κ2) is 8.77. The van der Waals surface area contributed by atoms with E-state index in [1.165, 1.54) is 0 Å². The van der Waals surface area contributed by atoms with Gasteiger partial charge in [0.1, 0.15) is 19.0 Å². The van der Waals surface area contributed by atoms with E-state index in [1.54, 1.807) is 18.2 Å². The molecule has 0 saturated heterocycles. The smallest absolute Gasteiger partial charge is 0.255 e. The zero-order chi connectivity index (χ0) is 21.9. The van der Waals surface area contributed by atoms with Gasteiger partial charge in [-0.05, 0) is 53.6 Å². The highest BCUT2D eigenvalue weighted by molar-refractivity contribution is 6.30. The molecule has 0 spiro atoms. The van der Waals surface area contributed by atoms with Crippen LogP contribution in [0, 0.1) is 0 Å². The Morgan fingerprint density at radius 2 is 1.81 bits per heavy atom. The quantitative estimate of drug-likeness (QED) is 0.431. The predicted octanol–water partition coefficient (Wildman–Crippen LogP) is 4.84. The number of carbonyl (C=O) groups is 1. The highest BCUT2D eigenvalue weighted by Crippen LogP contribution is 2.32. The number of aromatic amines is 1. The summed E-state index contributed by atoms with van der Waals surface area (Å²) in [5, 5.41) is 3.63. The minimum atomic E-state index is -0.242. The molecule has 1 amide bonds. The van der Waals surface area contributed by atoms with Gasteiger partial charge in [-0.2, -0.15) is 0 Å². The molecule has 0 unspecified atom stereocenters. The lowest BCUT2D eigenvalue weighted by molar-refractivity contribution is -0.115. The monoisotopic (exact) mass is 445 g/mol. The van der Waals surface area contributed by atoms with E-state index >= 15 is 0 Å². The highest BCUT2D eigenvalue weighted by Gasteiger charge is 2.18. The van der Waals surface area contributed by atoms with Crippen molar-refractivity contribution in [3.8, 4) is 11.5 Å². The maximum Gasteiger partial charge on any atom is 0.255 e. The second-order valence-corrected chi connectivity index (χ2v) is 7.81. The van der Waals surface area contributed by atoms with Crippen molar-refractivity contribution in [2.24, 2.45) is 0 Å². The van der Waals surface area contributed by atoms with Crippen molar-refractivity contribution in [3.63, 3.8) is 0 Å². The van der Waals surface area contributed by atoms with Crippen molar-refractivity contribution in [2.45, 2.75) is 6.54 Å². The third-order valence-corrected chi connectivity index (χ3v) is 5.38. The van der Waals surface area contributed by atoms with Crippen LogP contribution >= 0.6 is 11.6 Å². The van der Waals surface area contributed by atoms with E-state index in [1.807, 2.05) is 54.6 Å². The van der Waals surface area contributed by atoms with Crippen LogP contribution in [0.3, 0.4) is 0 Å². The molecule has 1 aliphatic heterocycles. The standard InChI is InChI=1S/C25H20ClN3O3/c26-18-8-5-16(6-9-18)15-27-25(30)19(24-28-20-3-1-2-4-21(20)29-24)13-17-7-10-22-23(14-17)32-12-11-31-22/h1-10,13-14H,11-12,15H2,(H,27,30)(H,28,29)/b19-13+. The van der Waals surface area contributed by atoms with Crippen molar-refractivity contribution >= 4 is 40.2 Å². The third-order valence-electron chi connectivity index (χ3n) is 5.13. The van der Waals surface area contributed by atoms with Crippen LogP contribution in [0.4, 0.5) is 0 Å². The number of benzene rings is 3. The molecule has 1 aliphatic rings. The fraction of sp³-hybridized carbons (Fsp3) is 0.120. The number of nitrogens with zero attached hydrogens (tertiary/aromatic N) is 1. The number of para-hydroxylation sites is 2. The number of aromatic nitrogens is 2. The number of imidazole rings is 1. The summed E-state index contributed by atoms with van der Waals surface area (Å²) >= 11 is 5.96. The Morgan fingerprint density at radius 1 is 1.03 bits per heavy atom. The lowest BCUT2D eigenvalue weighted by atomic mass is 10.1. The molecule has 0 radical (unpaired) electrons. The summed E-state index contributed by atoms with van der Waals surface area (Å²) in [4.78, 5) is 21.1. The second-order valence-electron chi connectivity index (χ2n) is 7.37. The van der Waals surface area contributed by atoms with Gasteiger partial charge in [0.25, 0.3) is 5.91 Å². The van der Waals surface area contributed by atoms with Gasteiger partial charge in [0.15, 0.2) is 11.5 Å². The molecule has 0 fully saturated rings. The Kier molecular flexibility index (Phi) is 5.52. The Morgan fingerprint density at radius 3 is 2.62 bits per heavy atom. The summed E-state index contributed by atoms with van der Waals surface area (Å²) in [5.74, 6) is 1.62. The molecule has 3 aromatic carbocycles. The van der Waals surface area contributed by atoms with E-state index in [2.05, 4.69) is 15.3 Å². The van der Waals surface area contributed by atoms with Crippen molar-refractivity contribution < 1.29 is 14.3 Å². The van der Waals surface area contributed by atoms with Gasteiger partial charge in [-0.25, -0.2) is 4.98 Å². The summed E-state index contributed by atoms with van der Waals surface area (Å²) in [7, 11) is 0. The maximum atomic E-state index is 13.2. The zero-order valence-corrected chi connectivity index (χ0v) is 17.9. The molecule has 7 heteroatoms. The van der Waals surface area contributed by atoms with Crippen LogP contribution in [0.15, 0.2) is 66.7 Å². The number of nitrogens with one attached hydrogen (secondary N) is 2. The number of hydrogen-bond donors (Lipinski definition) is 2. The topological polar surface area (TPSA) is 76.2 Å². The first-order valence-corrected chi connectivity index (χ1v) is 10.6. The Hall–Kier alpha value is -3.77. The first-order chi connectivity index (χ1) is 15.7. The molecule has 2 N–H and O–H groups in total. The highest BCUT2D eigenvalue weighted by atomic mass is 35.5. The van der Waals surface area contributed by atoms with Gasteiger partial charge in [-0.3, -0.25) is 4.79 Å². The molecule has 1 aromatic heterocycles. The van der Waals surface area contributed by atoms with Gasteiger partial charge in [0, 0.05) is 11.6 Å². The Balaban J connectivity index is 1.48. The average molecular weight is 446 g/mol. The number of rotatable bonds is 5. The van der Waals surface area contributed by atoms with Gasteiger partial charge >= 0.3 is 0 Å². The largest absolute Gasteiger partial charge is 0.486 e. The summed E-state index contributed by atoms with van der Waals surface area (Å²) in [6.45, 7) is 1.40. The fourth-order valence-electron chi connectivity index (χ4n) is 3.52. The van der Waals surface area contributed by atoms with E-state index in [-0.39, 0.29) is 5.91 Å². The van der Waals surface area contributed by atoms with Crippen LogP contribution in [0.1, 0.15) is 17.0 Å². The minimum absolute atomic E-state index is 0.242. The summed E-state index contributed by atoms with van der Waals surface area (Å²) in [5.41, 5.74) is 3.84. The summed E-state index contributed by atoms with van der Waals surface area (Å²) in [6, 6.07) is 20.6. The molecule has 0 bridgehead atoms. The van der Waals surface area contributed by atoms with Gasteiger partial charge in [-0.1, -0.05) is 41.9 Å². The Labute approximate surface area is 189 Å². The van der Waals surface area contributed by atoms with Gasteiger partial charge in [0.05, 0.1) is 16.6 Å². The van der Waals surface area contributed by atoms with E-state index in [9.17, 15) is 4.79 Å². The molecular formula is C25H20ClN3O3. The molecule has 32 heavy (non-hydrogen) atoms. The first kappa shape index (κ1) is 20.2. The molecule has 0 saturated carbocycles. The van der Waals surface area contributed by atoms with E-state index < -0.39 is 0 Å². The molecular weight excluding hydrogens is 426 g/mol. The number of ether oxygens (including phenoxy) is 2. The van der Waals surface area contributed by atoms with E-state index in [4.69, 9.17) is 21.1 Å². The molecule has 5 rings (SSSR count). The number of carbonyl (C=O) groups excluding carboxylic acids is 1. The van der Waals surface area contributed by atoms with Crippen LogP contribution in [-0.2, 0) is 11.3 Å². The number of H-pyrrole nitrogens is 1. The van der Waals surface area contributed by atoms with Crippen LogP contribution in [-0.4, -0.2) is 29.1 Å². The van der Waals surface area contributed by atoms with Crippen LogP contribution in [0.2, 0.25) is 5.02 Å². The summed E-state index contributed by atoms with van der Waals surface area (Å²) in [6.07, 6.45) is 1.80. The number of hydrogen-bond acceptors (Lipinski definition) is 4. The number of amides is 1. The van der Waals surface area contributed by atoms with Crippen molar-refractivity contribution in [1.82, 2.24) is 15.3 Å². The number of halogens is 1. The maximum absolute atomic E-state index is 13.2. The third kappa shape index (κ3) is 4.31.